The Morgan fingerprint density at radius 3 is 2.09 bits per heavy atom. The second-order valence-electron chi connectivity index (χ2n) is 7.44. The van der Waals surface area contributed by atoms with E-state index in [9.17, 15) is 8.78 Å². The van der Waals surface area contributed by atoms with Crippen LogP contribution in [0.3, 0.4) is 0 Å². The van der Waals surface area contributed by atoms with Crippen molar-refractivity contribution in [3.63, 3.8) is 0 Å². The first kappa shape index (κ1) is 15.3. The van der Waals surface area contributed by atoms with Crippen molar-refractivity contribution < 1.29 is 8.78 Å². The third kappa shape index (κ3) is 2.24. The Bertz CT molecular complexity index is 616. The first-order valence-electron chi connectivity index (χ1n) is 7.97. The molecule has 4 heteroatoms. The average Bonchev–Trinajstić information content (AvgIpc) is 2.43. The van der Waals surface area contributed by atoms with Crippen LogP contribution in [-0.4, -0.2) is 0 Å². The molecule has 4 saturated carbocycles. The van der Waals surface area contributed by atoms with Crippen LogP contribution < -0.4 is 0 Å². The Balaban J connectivity index is 1.84. The van der Waals surface area contributed by atoms with Gasteiger partial charge < -0.3 is 0 Å². The fourth-order valence-electron chi connectivity index (χ4n) is 5.71. The van der Waals surface area contributed by atoms with E-state index in [2.05, 4.69) is 31.9 Å². The molecule has 118 valence electrons. The van der Waals surface area contributed by atoms with Crippen LogP contribution in [0.25, 0.3) is 6.08 Å². The molecule has 22 heavy (non-hydrogen) atoms. The van der Waals surface area contributed by atoms with E-state index in [1.807, 2.05) is 0 Å². The molecule has 0 aromatic heterocycles. The van der Waals surface area contributed by atoms with E-state index in [1.165, 1.54) is 44.6 Å². The van der Waals surface area contributed by atoms with Gasteiger partial charge in [0.1, 0.15) is 5.82 Å². The molecule has 0 amide bonds. The Kier molecular flexibility index (Phi) is 3.76. The minimum absolute atomic E-state index is 0.102. The molecule has 1 aromatic carbocycles. The molecule has 0 saturated heterocycles. The summed E-state index contributed by atoms with van der Waals surface area (Å²) in [6, 6.07) is 1.73. The van der Waals surface area contributed by atoms with Crippen molar-refractivity contribution in [1.82, 2.24) is 0 Å². The Morgan fingerprint density at radius 1 is 1.05 bits per heavy atom. The molecule has 1 aromatic rings. The molecular formula is C18H18Br2F2. The molecule has 0 heterocycles. The van der Waals surface area contributed by atoms with Crippen LogP contribution in [0.4, 0.5) is 8.78 Å². The van der Waals surface area contributed by atoms with Crippen molar-refractivity contribution in [2.75, 3.05) is 0 Å². The van der Waals surface area contributed by atoms with Crippen LogP contribution in [-0.2, 0) is 5.41 Å². The van der Waals surface area contributed by atoms with E-state index in [0.29, 0.717) is 10.8 Å². The second-order valence-corrected chi connectivity index (χ2v) is 9.09. The molecule has 0 nitrogen and oxygen atoms in total. The summed E-state index contributed by atoms with van der Waals surface area (Å²) in [6.07, 6.45) is 9.17. The van der Waals surface area contributed by atoms with Gasteiger partial charge in [0.25, 0.3) is 0 Å². The van der Waals surface area contributed by atoms with E-state index in [-0.39, 0.29) is 16.8 Å². The SMILES string of the molecule is F/C=C\c1cc(Br)c(C23CC4CC(CC(C4)C2)C3)c(Br)c1F. The Hall–Kier alpha value is -0.220. The van der Waals surface area contributed by atoms with E-state index in [4.69, 9.17) is 0 Å². The lowest BCUT2D eigenvalue weighted by Gasteiger charge is -2.57. The topological polar surface area (TPSA) is 0 Å². The molecule has 4 fully saturated rings. The van der Waals surface area contributed by atoms with Crippen molar-refractivity contribution in [2.24, 2.45) is 17.8 Å². The Labute approximate surface area is 146 Å². The van der Waals surface area contributed by atoms with Crippen LogP contribution in [0, 0.1) is 23.6 Å². The highest BCUT2D eigenvalue weighted by Gasteiger charge is 2.53. The molecule has 0 spiro atoms. The van der Waals surface area contributed by atoms with Gasteiger partial charge in [-0.3, -0.25) is 0 Å². The van der Waals surface area contributed by atoms with Gasteiger partial charge in [-0.2, -0.15) is 0 Å². The van der Waals surface area contributed by atoms with Crippen molar-refractivity contribution in [1.29, 1.82) is 0 Å². The molecule has 4 aliphatic rings. The lowest BCUT2D eigenvalue weighted by molar-refractivity contribution is -0.00601. The molecule has 0 N–H and O–H groups in total. The molecule has 0 radical (unpaired) electrons. The first-order valence-corrected chi connectivity index (χ1v) is 9.56. The maximum Gasteiger partial charge on any atom is 0.145 e. The molecule has 4 aliphatic carbocycles. The lowest BCUT2D eigenvalue weighted by atomic mass is 9.48. The maximum absolute atomic E-state index is 14.6. The number of hydrogen-bond acceptors (Lipinski definition) is 0. The predicted octanol–water partition coefficient (Wildman–Crippen LogP) is 6.76. The van der Waals surface area contributed by atoms with Gasteiger partial charge in [-0.25, -0.2) is 8.78 Å². The minimum Gasteiger partial charge on any atom is -0.216 e. The summed E-state index contributed by atoms with van der Waals surface area (Å²) in [5.74, 6) is 2.07. The third-order valence-electron chi connectivity index (χ3n) is 6.00. The van der Waals surface area contributed by atoms with Gasteiger partial charge in [0.05, 0.1) is 10.8 Å². The normalized spacial score (nSPS) is 36.5. The summed E-state index contributed by atoms with van der Waals surface area (Å²) in [7, 11) is 0. The zero-order valence-electron chi connectivity index (χ0n) is 12.2. The van der Waals surface area contributed by atoms with Crippen LogP contribution in [0.15, 0.2) is 21.3 Å². The highest BCUT2D eigenvalue weighted by molar-refractivity contribution is 9.11. The average molecular weight is 432 g/mol. The maximum atomic E-state index is 14.6. The van der Waals surface area contributed by atoms with E-state index in [0.717, 1.165) is 27.8 Å². The van der Waals surface area contributed by atoms with Crippen molar-refractivity contribution >= 4 is 37.9 Å². The van der Waals surface area contributed by atoms with Crippen molar-refractivity contribution in [2.45, 2.75) is 43.9 Å². The van der Waals surface area contributed by atoms with Crippen molar-refractivity contribution in [3.05, 3.63) is 38.3 Å². The van der Waals surface area contributed by atoms with E-state index in [1.54, 1.807) is 6.07 Å². The number of halogens is 4. The Morgan fingerprint density at radius 2 is 1.59 bits per heavy atom. The number of rotatable bonds is 2. The van der Waals surface area contributed by atoms with Gasteiger partial charge in [0.15, 0.2) is 0 Å². The van der Waals surface area contributed by atoms with Gasteiger partial charge in [-0.05, 0) is 95.3 Å². The summed E-state index contributed by atoms with van der Waals surface area (Å²) in [5.41, 5.74) is 1.47. The minimum atomic E-state index is -0.345. The van der Waals surface area contributed by atoms with Gasteiger partial charge in [0, 0.05) is 10.0 Å². The third-order valence-corrected chi connectivity index (χ3v) is 7.37. The molecular weight excluding hydrogens is 414 g/mol. The lowest BCUT2D eigenvalue weighted by Crippen LogP contribution is -2.49. The highest BCUT2D eigenvalue weighted by atomic mass is 79.9. The smallest absolute Gasteiger partial charge is 0.145 e. The van der Waals surface area contributed by atoms with Crippen molar-refractivity contribution in [3.8, 4) is 0 Å². The monoisotopic (exact) mass is 430 g/mol. The molecule has 0 atom stereocenters. The summed E-state index contributed by atoms with van der Waals surface area (Å²) in [5, 5.41) is 0. The van der Waals surface area contributed by atoms with Crippen LogP contribution in [0.2, 0.25) is 0 Å². The van der Waals surface area contributed by atoms with E-state index < -0.39 is 0 Å². The largest absolute Gasteiger partial charge is 0.216 e. The molecule has 0 aliphatic heterocycles. The summed E-state index contributed by atoms with van der Waals surface area (Å²) in [4.78, 5) is 0. The van der Waals surface area contributed by atoms with Gasteiger partial charge >= 0.3 is 0 Å². The molecule has 4 bridgehead atoms. The number of hydrogen-bond donors (Lipinski definition) is 0. The quantitative estimate of drug-likeness (QED) is 0.453. The van der Waals surface area contributed by atoms with E-state index >= 15 is 0 Å². The van der Waals surface area contributed by atoms with Gasteiger partial charge in [0.2, 0.25) is 0 Å². The van der Waals surface area contributed by atoms with Gasteiger partial charge in [-0.1, -0.05) is 15.9 Å². The number of benzene rings is 1. The predicted molar refractivity (Wildman–Crippen MR) is 91.8 cm³/mol. The summed E-state index contributed by atoms with van der Waals surface area (Å²) < 4.78 is 28.5. The van der Waals surface area contributed by atoms with Crippen LogP contribution in [0.1, 0.15) is 49.7 Å². The van der Waals surface area contributed by atoms with Gasteiger partial charge in [-0.15, -0.1) is 0 Å². The zero-order valence-corrected chi connectivity index (χ0v) is 15.4. The van der Waals surface area contributed by atoms with Crippen LogP contribution >= 0.6 is 31.9 Å². The fraction of sp³-hybridized carbons (Fsp3) is 0.556. The fourth-order valence-corrected chi connectivity index (χ4v) is 7.70. The highest BCUT2D eigenvalue weighted by Crippen LogP contribution is 2.62. The second kappa shape index (κ2) is 5.41. The van der Waals surface area contributed by atoms with Crippen LogP contribution in [0.5, 0.6) is 0 Å². The standard InChI is InChI=1S/C18H18Br2F2/c19-14-6-13(1-2-21)17(22)16(20)15(14)18-7-10-3-11(8-18)5-12(4-10)9-18/h1-2,6,10-12H,3-5,7-9H2/b2-1-. The summed E-state index contributed by atoms with van der Waals surface area (Å²) >= 11 is 7.12. The molecule has 5 rings (SSSR count). The molecule has 0 unspecified atom stereocenters. The zero-order chi connectivity index (χ0) is 15.5. The summed E-state index contributed by atoms with van der Waals surface area (Å²) in [6.45, 7) is 0. The first-order chi connectivity index (χ1) is 10.5.